The lowest BCUT2D eigenvalue weighted by molar-refractivity contribution is -0.141. The molecule has 0 aliphatic carbocycles. The predicted molar refractivity (Wildman–Crippen MR) is 134 cm³/mol. The highest BCUT2D eigenvalue weighted by atomic mass is 16.4. The molecule has 4 unspecified atom stereocenters. The second-order valence-corrected chi connectivity index (χ2v) is 8.91. The lowest BCUT2D eigenvalue weighted by atomic mass is 10.0. The van der Waals surface area contributed by atoms with E-state index < -0.39 is 47.9 Å². The second-order valence-electron chi connectivity index (χ2n) is 8.91. The molecule has 14 nitrogen and oxygen atoms in total. The smallest absolute Gasteiger partial charge is 0.326 e. The predicted octanol–water partition coefficient (Wildman–Crippen LogP) is -2.26. The molecule has 0 saturated carbocycles. The first-order valence-corrected chi connectivity index (χ1v) is 11.9. The van der Waals surface area contributed by atoms with Crippen molar-refractivity contribution in [2.45, 2.75) is 56.8 Å². The number of rotatable bonds is 14. The molecule has 14 heteroatoms. The summed E-state index contributed by atoms with van der Waals surface area (Å²) in [4.78, 5) is 53.4. The molecule has 2 heterocycles. The first-order valence-electron chi connectivity index (χ1n) is 11.9. The van der Waals surface area contributed by atoms with Gasteiger partial charge in [0.2, 0.25) is 17.7 Å². The molecular formula is C23H36N8O6. The van der Waals surface area contributed by atoms with Crippen LogP contribution in [0.25, 0.3) is 0 Å². The van der Waals surface area contributed by atoms with E-state index in [-0.39, 0.29) is 38.2 Å². The van der Waals surface area contributed by atoms with Gasteiger partial charge in [-0.05, 0) is 31.9 Å². The number of aromatic nitrogens is 1. The minimum atomic E-state index is -1.22. The third-order valence-electron chi connectivity index (χ3n) is 5.86. The number of nitrogens with two attached hydrogens (primary N) is 2. The van der Waals surface area contributed by atoms with Gasteiger partial charge in [0, 0.05) is 44.4 Å². The summed E-state index contributed by atoms with van der Waals surface area (Å²) in [6.45, 7) is 2.22. The van der Waals surface area contributed by atoms with Crippen molar-refractivity contribution in [3.05, 3.63) is 35.7 Å². The molecule has 0 saturated heterocycles. The van der Waals surface area contributed by atoms with Gasteiger partial charge in [0.25, 0.3) is 0 Å². The van der Waals surface area contributed by atoms with Gasteiger partial charge in [-0.15, -0.1) is 0 Å². The number of carboxylic acid groups (broad SMARTS) is 1. The number of nitrogens with one attached hydrogen (secondary N) is 5. The summed E-state index contributed by atoms with van der Waals surface area (Å²) >= 11 is 0. The minimum Gasteiger partial charge on any atom is -0.480 e. The summed E-state index contributed by atoms with van der Waals surface area (Å²) in [6, 6.07) is 0.141. The Morgan fingerprint density at radius 1 is 1.19 bits per heavy atom. The van der Waals surface area contributed by atoms with Gasteiger partial charge in [-0.3, -0.25) is 19.8 Å². The first-order chi connectivity index (χ1) is 17.5. The van der Waals surface area contributed by atoms with Gasteiger partial charge in [0.15, 0.2) is 5.96 Å². The number of carbonyl (C=O) groups is 4. The molecule has 0 fully saturated rings. The van der Waals surface area contributed by atoms with Crippen molar-refractivity contribution in [2.75, 3.05) is 19.6 Å². The number of carboxylic acids is 1. The molecule has 3 amide bonds. The van der Waals surface area contributed by atoms with Crippen LogP contribution in [-0.2, 0) is 25.6 Å². The van der Waals surface area contributed by atoms with Gasteiger partial charge in [-0.2, -0.15) is 0 Å². The monoisotopic (exact) mass is 520 g/mol. The lowest BCUT2D eigenvalue weighted by Gasteiger charge is -2.23. The molecule has 0 radical (unpaired) electrons. The van der Waals surface area contributed by atoms with Gasteiger partial charge in [-0.1, -0.05) is 11.6 Å². The van der Waals surface area contributed by atoms with Crippen molar-refractivity contribution in [2.24, 2.45) is 11.5 Å². The molecular weight excluding hydrogens is 484 g/mol. The molecule has 0 aromatic carbocycles. The second kappa shape index (κ2) is 14.0. The molecule has 1 aliphatic rings. The third-order valence-corrected chi connectivity index (χ3v) is 5.86. The Labute approximate surface area is 214 Å². The number of aromatic amines is 1. The number of hydrogen-bond acceptors (Lipinski definition) is 7. The van der Waals surface area contributed by atoms with Crippen LogP contribution in [0.15, 0.2) is 30.0 Å². The van der Waals surface area contributed by atoms with Crippen LogP contribution >= 0.6 is 0 Å². The van der Waals surface area contributed by atoms with Crippen molar-refractivity contribution < 1.29 is 29.4 Å². The zero-order valence-electron chi connectivity index (χ0n) is 20.7. The normalized spacial score (nSPS) is 16.2. The molecule has 1 aromatic heterocycles. The molecule has 11 N–H and O–H groups in total. The van der Waals surface area contributed by atoms with E-state index in [1.807, 2.05) is 6.08 Å². The van der Waals surface area contributed by atoms with Crippen molar-refractivity contribution in [3.8, 4) is 0 Å². The maximum Gasteiger partial charge on any atom is 0.326 e. The molecule has 0 bridgehead atoms. The van der Waals surface area contributed by atoms with Crippen LogP contribution in [0.1, 0.15) is 31.9 Å². The molecule has 4 atom stereocenters. The minimum absolute atomic E-state index is 0.0164. The van der Waals surface area contributed by atoms with Crippen molar-refractivity contribution in [1.29, 1.82) is 5.41 Å². The molecule has 0 spiro atoms. The molecule has 1 aliphatic heterocycles. The van der Waals surface area contributed by atoms with E-state index in [4.69, 9.17) is 16.9 Å². The zero-order valence-corrected chi connectivity index (χ0v) is 20.7. The Balaban J connectivity index is 1.87. The van der Waals surface area contributed by atoms with E-state index in [0.717, 1.165) is 5.57 Å². The summed E-state index contributed by atoms with van der Waals surface area (Å²) in [5, 5.41) is 34.2. The number of H-pyrrole nitrogens is 1. The number of hydrogen-bond donors (Lipinski definition) is 9. The number of nitrogens with zero attached hydrogens (tertiary/aromatic N) is 1. The third kappa shape index (κ3) is 9.57. The number of amides is 3. The number of aliphatic carboxylic acids is 1. The quantitative estimate of drug-likeness (QED) is 0.0556. The van der Waals surface area contributed by atoms with Crippen LogP contribution < -0.4 is 27.4 Å². The fourth-order valence-electron chi connectivity index (χ4n) is 3.67. The van der Waals surface area contributed by atoms with Gasteiger partial charge in [0.1, 0.15) is 18.1 Å². The Bertz CT molecular complexity index is 993. The van der Waals surface area contributed by atoms with Crippen LogP contribution in [0.3, 0.4) is 0 Å². The zero-order chi connectivity index (χ0) is 27.5. The van der Waals surface area contributed by atoms with Crippen molar-refractivity contribution >= 4 is 29.7 Å². The van der Waals surface area contributed by atoms with Crippen molar-refractivity contribution in [1.82, 2.24) is 25.8 Å². The Morgan fingerprint density at radius 3 is 2.49 bits per heavy atom. The fourth-order valence-corrected chi connectivity index (χ4v) is 3.67. The average molecular weight is 521 g/mol. The Kier molecular flexibility index (Phi) is 11.1. The summed E-state index contributed by atoms with van der Waals surface area (Å²) in [5.74, 6) is -2.94. The highest BCUT2D eigenvalue weighted by Gasteiger charge is 2.28. The molecule has 2 rings (SSSR count). The molecule has 37 heavy (non-hydrogen) atoms. The number of aliphatic hydroxyl groups is 1. The molecule has 1 aromatic rings. The largest absolute Gasteiger partial charge is 0.480 e. The van der Waals surface area contributed by atoms with E-state index in [9.17, 15) is 29.4 Å². The lowest BCUT2D eigenvalue weighted by Crippen LogP contribution is -2.54. The van der Waals surface area contributed by atoms with Crippen LogP contribution in [0, 0.1) is 5.41 Å². The van der Waals surface area contributed by atoms with E-state index in [1.54, 1.807) is 23.2 Å². The van der Waals surface area contributed by atoms with Crippen LogP contribution in [-0.4, -0.2) is 93.6 Å². The van der Waals surface area contributed by atoms with Crippen LogP contribution in [0.5, 0.6) is 0 Å². The number of guanidine groups is 1. The molecule has 204 valence electrons. The number of carbonyl (C=O) groups excluding carboxylic acids is 3. The Morgan fingerprint density at radius 2 is 1.92 bits per heavy atom. The van der Waals surface area contributed by atoms with Gasteiger partial charge in [-0.25, -0.2) is 4.79 Å². The van der Waals surface area contributed by atoms with Crippen LogP contribution in [0.2, 0.25) is 0 Å². The topological polar surface area (TPSA) is 240 Å². The average Bonchev–Trinajstić information content (AvgIpc) is 3.52. The highest BCUT2D eigenvalue weighted by Crippen LogP contribution is 2.15. The summed E-state index contributed by atoms with van der Waals surface area (Å²) < 4.78 is 0. The van der Waals surface area contributed by atoms with E-state index in [1.165, 1.54) is 6.92 Å². The van der Waals surface area contributed by atoms with Gasteiger partial charge >= 0.3 is 5.97 Å². The van der Waals surface area contributed by atoms with Gasteiger partial charge in [0.05, 0.1) is 6.10 Å². The summed E-state index contributed by atoms with van der Waals surface area (Å²) in [6.07, 6.45) is 2.84. The van der Waals surface area contributed by atoms with E-state index in [2.05, 4.69) is 20.9 Å². The van der Waals surface area contributed by atoms with Crippen molar-refractivity contribution in [3.63, 3.8) is 0 Å². The summed E-state index contributed by atoms with van der Waals surface area (Å²) in [5.41, 5.74) is 12.7. The standard InChI is InChI=1S/C23H36N8O6/c1-13(32)19(24)21(35)30-16(10-14-6-9-31(12-14)23(25)26)20(34)28-8-3-5-18(33)29-17(22(36)37)11-15-4-2-7-27-15/h2,4,6-7,13,16-17,19,27,32H,3,5,8-12,24H2,1H3,(H3,25,26)(H,28,34)(H,29,33)(H,30,35)(H,36,37). The van der Waals surface area contributed by atoms with Gasteiger partial charge < -0.3 is 47.5 Å². The van der Waals surface area contributed by atoms with E-state index in [0.29, 0.717) is 18.8 Å². The highest BCUT2D eigenvalue weighted by molar-refractivity contribution is 5.90. The maximum absolute atomic E-state index is 12.8. The SMILES string of the molecule is CC(O)C(N)C(=O)NC(CC1=CCN(C(=N)N)C1)C(=O)NCCCC(=O)NC(Cc1ccc[nH]1)C(=O)O. The fraction of sp³-hybridized carbons (Fsp3) is 0.522. The van der Waals surface area contributed by atoms with E-state index >= 15 is 0 Å². The first kappa shape index (κ1) is 29.3. The summed E-state index contributed by atoms with van der Waals surface area (Å²) in [7, 11) is 0. The maximum atomic E-state index is 12.8. The van der Waals surface area contributed by atoms with Crippen LogP contribution in [0.4, 0.5) is 0 Å². The Hall–Kier alpha value is -3.91. The number of aliphatic hydroxyl groups excluding tert-OH is 1.